The van der Waals surface area contributed by atoms with Crippen molar-refractivity contribution in [3.63, 3.8) is 0 Å². The molecule has 0 spiro atoms. The largest absolute Gasteiger partial charge is 0.469 e. The average Bonchev–Trinajstić information content (AvgIpc) is 2.90. The minimum absolute atomic E-state index is 0.00125. The van der Waals surface area contributed by atoms with E-state index in [1.807, 2.05) is 0 Å². The van der Waals surface area contributed by atoms with Crippen molar-refractivity contribution in [2.75, 3.05) is 6.54 Å². The van der Waals surface area contributed by atoms with Crippen LogP contribution in [0.3, 0.4) is 0 Å². The molecule has 0 aliphatic heterocycles. The van der Waals surface area contributed by atoms with Crippen LogP contribution in [-0.2, 0) is 0 Å². The van der Waals surface area contributed by atoms with Crippen LogP contribution >= 0.6 is 0 Å². The number of carbonyl (C=O) groups is 1. The number of nitro groups is 1. The van der Waals surface area contributed by atoms with Crippen LogP contribution < -0.4 is 5.32 Å². The Morgan fingerprint density at radius 1 is 1.38 bits per heavy atom. The van der Waals surface area contributed by atoms with Gasteiger partial charge >= 0.3 is 0 Å². The first kappa shape index (κ1) is 14.7. The summed E-state index contributed by atoms with van der Waals surface area (Å²) in [7, 11) is 0. The molecule has 1 atom stereocenters. The number of non-ortho nitro benzene ring substituents is 1. The monoisotopic (exact) mass is 290 g/mol. The molecule has 0 radical (unpaired) electrons. The number of amides is 1. The normalized spacial score (nSPS) is 11.9. The Morgan fingerprint density at radius 3 is 2.57 bits per heavy atom. The molecule has 2 N–H and O–H groups in total. The fraction of sp³-hybridized carbons (Fsp3) is 0.214. The number of hydrogen-bond donors (Lipinski definition) is 2. The van der Waals surface area contributed by atoms with Crippen molar-refractivity contribution < 1.29 is 19.2 Å². The summed E-state index contributed by atoms with van der Waals surface area (Å²) >= 11 is 0. The maximum Gasteiger partial charge on any atom is 0.269 e. The SMILES string of the molecule is Cc1occc1C(=O)NCC(O)c1ccc([N+](=O)[O-])cc1. The summed E-state index contributed by atoms with van der Waals surface area (Å²) in [6.45, 7) is 1.67. The van der Waals surface area contributed by atoms with Gasteiger partial charge in [-0.05, 0) is 30.7 Å². The smallest absolute Gasteiger partial charge is 0.269 e. The van der Waals surface area contributed by atoms with Crippen molar-refractivity contribution in [3.8, 4) is 0 Å². The molecule has 7 heteroatoms. The number of carbonyl (C=O) groups excluding carboxylic acids is 1. The highest BCUT2D eigenvalue weighted by atomic mass is 16.6. The standard InChI is InChI=1S/C14H14N2O5/c1-9-12(6-7-21-9)14(18)15-8-13(17)10-2-4-11(5-3-10)16(19)20/h2-7,13,17H,8H2,1H3,(H,15,18). The molecule has 0 aliphatic rings. The zero-order valence-electron chi connectivity index (χ0n) is 11.3. The van der Waals surface area contributed by atoms with Crippen LogP contribution in [-0.4, -0.2) is 22.5 Å². The van der Waals surface area contributed by atoms with Crippen LogP contribution in [0.1, 0.15) is 27.8 Å². The van der Waals surface area contributed by atoms with Crippen LogP contribution in [0.25, 0.3) is 0 Å². The zero-order valence-corrected chi connectivity index (χ0v) is 11.3. The molecule has 2 rings (SSSR count). The van der Waals surface area contributed by atoms with Gasteiger partial charge in [0.15, 0.2) is 0 Å². The highest BCUT2D eigenvalue weighted by Crippen LogP contribution is 2.17. The predicted molar refractivity (Wildman–Crippen MR) is 73.8 cm³/mol. The minimum atomic E-state index is -0.943. The van der Waals surface area contributed by atoms with Crippen LogP contribution in [0, 0.1) is 17.0 Å². The predicted octanol–water partition coefficient (Wildman–Crippen LogP) is 1.96. The Labute approximate surface area is 120 Å². The number of hydrogen-bond acceptors (Lipinski definition) is 5. The van der Waals surface area contributed by atoms with Gasteiger partial charge in [-0.15, -0.1) is 0 Å². The molecule has 0 bridgehead atoms. The molecule has 1 aromatic heterocycles. The van der Waals surface area contributed by atoms with Gasteiger partial charge in [0.2, 0.25) is 0 Å². The third-order valence-electron chi connectivity index (χ3n) is 3.05. The van der Waals surface area contributed by atoms with Gasteiger partial charge in [-0.25, -0.2) is 0 Å². The first-order chi connectivity index (χ1) is 9.99. The van der Waals surface area contributed by atoms with Crippen molar-refractivity contribution in [3.05, 3.63) is 63.6 Å². The number of rotatable bonds is 5. The van der Waals surface area contributed by atoms with E-state index in [0.717, 1.165) is 0 Å². The van der Waals surface area contributed by atoms with E-state index in [1.165, 1.54) is 30.5 Å². The summed E-state index contributed by atoms with van der Waals surface area (Å²) in [5.74, 6) is 0.152. The lowest BCUT2D eigenvalue weighted by atomic mass is 10.1. The van der Waals surface area contributed by atoms with Gasteiger partial charge in [0, 0.05) is 18.7 Å². The Bertz CT molecular complexity index is 648. The Hall–Kier alpha value is -2.67. The molecule has 1 amide bonds. The highest BCUT2D eigenvalue weighted by molar-refractivity contribution is 5.95. The van der Waals surface area contributed by atoms with E-state index in [0.29, 0.717) is 16.9 Å². The second-order valence-corrected chi connectivity index (χ2v) is 4.46. The van der Waals surface area contributed by atoms with Crippen LogP contribution in [0.5, 0.6) is 0 Å². The summed E-state index contributed by atoms with van der Waals surface area (Å²) in [4.78, 5) is 21.9. The van der Waals surface area contributed by atoms with E-state index >= 15 is 0 Å². The van der Waals surface area contributed by atoms with E-state index in [2.05, 4.69) is 5.32 Å². The molecule has 7 nitrogen and oxygen atoms in total. The Morgan fingerprint density at radius 2 is 2.05 bits per heavy atom. The van der Waals surface area contributed by atoms with Crippen LogP contribution in [0.4, 0.5) is 5.69 Å². The number of nitrogens with zero attached hydrogens (tertiary/aromatic N) is 1. The van der Waals surface area contributed by atoms with Gasteiger partial charge in [-0.3, -0.25) is 14.9 Å². The molecule has 110 valence electrons. The van der Waals surface area contributed by atoms with E-state index in [4.69, 9.17) is 4.42 Å². The van der Waals surface area contributed by atoms with Crippen molar-refractivity contribution in [2.45, 2.75) is 13.0 Å². The van der Waals surface area contributed by atoms with Gasteiger partial charge in [-0.2, -0.15) is 0 Å². The van der Waals surface area contributed by atoms with E-state index in [1.54, 1.807) is 13.0 Å². The first-order valence-corrected chi connectivity index (χ1v) is 6.23. The third-order valence-corrected chi connectivity index (χ3v) is 3.05. The van der Waals surface area contributed by atoms with E-state index in [-0.39, 0.29) is 18.1 Å². The maximum atomic E-state index is 11.8. The number of benzene rings is 1. The molecule has 21 heavy (non-hydrogen) atoms. The van der Waals surface area contributed by atoms with Gasteiger partial charge in [0.05, 0.1) is 22.9 Å². The van der Waals surface area contributed by atoms with Gasteiger partial charge < -0.3 is 14.8 Å². The molecular formula is C14H14N2O5. The number of aliphatic hydroxyl groups excluding tert-OH is 1. The van der Waals surface area contributed by atoms with Crippen molar-refractivity contribution >= 4 is 11.6 Å². The topological polar surface area (TPSA) is 106 Å². The first-order valence-electron chi connectivity index (χ1n) is 6.23. The van der Waals surface area contributed by atoms with Crippen molar-refractivity contribution in [2.24, 2.45) is 0 Å². The number of nitrogens with one attached hydrogen (secondary N) is 1. The lowest BCUT2D eigenvalue weighted by molar-refractivity contribution is -0.384. The second-order valence-electron chi connectivity index (χ2n) is 4.46. The van der Waals surface area contributed by atoms with Crippen LogP contribution in [0.15, 0.2) is 41.0 Å². The molecule has 0 aliphatic carbocycles. The summed E-state index contributed by atoms with van der Waals surface area (Å²) in [5.41, 5.74) is 0.847. The maximum absolute atomic E-state index is 11.8. The van der Waals surface area contributed by atoms with E-state index in [9.17, 15) is 20.0 Å². The quantitative estimate of drug-likeness (QED) is 0.646. The summed E-state index contributed by atoms with van der Waals surface area (Å²) < 4.78 is 5.03. The average molecular weight is 290 g/mol. The molecule has 0 saturated heterocycles. The molecule has 0 fully saturated rings. The fourth-order valence-electron chi connectivity index (χ4n) is 1.84. The molecule has 0 saturated carbocycles. The van der Waals surface area contributed by atoms with E-state index < -0.39 is 11.0 Å². The van der Waals surface area contributed by atoms with Crippen molar-refractivity contribution in [1.29, 1.82) is 0 Å². The number of aliphatic hydroxyl groups is 1. The summed E-state index contributed by atoms with van der Waals surface area (Å²) in [6, 6.07) is 7.07. The lowest BCUT2D eigenvalue weighted by Crippen LogP contribution is -2.28. The van der Waals surface area contributed by atoms with Gasteiger partial charge in [0.1, 0.15) is 5.76 Å². The lowest BCUT2D eigenvalue weighted by Gasteiger charge is -2.11. The zero-order chi connectivity index (χ0) is 15.4. The molecular weight excluding hydrogens is 276 g/mol. The fourth-order valence-corrected chi connectivity index (χ4v) is 1.84. The summed E-state index contributed by atoms with van der Waals surface area (Å²) in [6.07, 6.45) is 0.471. The van der Waals surface area contributed by atoms with Gasteiger partial charge in [0.25, 0.3) is 11.6 Å². The third kappa shape index (κ3) is 3.46. The van der Waals surface area contributed by atoms with Gasteiger partial charge in [-0.1, -0.05) is 0 Å². The molecule has 1 unspecified atom stereocenters. The minimum Gasteiger partial charge on any atom is -0.469 e. The second kappa shape index (κ2) is 6.19. The van der Waals surface area contributed by atoms with Crippen molar-refractivity contribution in [1.82, 2.24) is 5.32 Å². The molecule has 1 aromatic carbocycles. The number of furan rings is 1. The molecule has 2 aromatic rings. The Kier molecular flexibility index (Phi) is 4.34. The number of nitro benzene ring substituents is 1. The molecule has 1 heterocycles. The van der Waals surface area contributed by atoms with Crippen LogP contribution in [0.2, 0.25) is 0 Å². The highest BCUT2D eigenvalue weighted by Gasteiger charge is 2.14. The summed E-state index contributed by atoms with van der Waals surface area (Å²) in [5, 5.41) is 23.1. The number of aryl methyl sites for hydroxylation is 1. The Balaban J connectivity index is 1.95.